The van der Waals surface area contributed by atoms with Gasteiger partial charge in [-0.25, -0.2) is 9.18 Å². The second-order valence-electron chi connectivity index (χ2n) is 8.50. The lowest BCUT2D eigenvalue weighted by molar-refractivity contribution is -0.00539. The van der Waals surface area contributed by atoms with Gasteiger partial charge in [0.05, 0.1) is 23.9 Å². The summed E-state index contributed by atoms with van der Waals surface area (Å²) in [5.41, 5.74) is 2.50. The van der Waals surface area contributed by atoms with Gasteiger partial charge in [-0.3, -0.25) is 0 Å². The normalized spacial score (nSPS) is 24.3. The van der Waals surface area contributed by atoms with Gasteiger partial charge < -0.3 is 24.4 Å². The summed E-state index contributed by atoms with van der Waals surface area (Å²) in [6.07, 6.45) is 4.10. The topological polar surface area (TPSA) is 49.7 Å². The summed E-state index contributed by atoms with van der Waals surface area (Å²) in [5, 5.41) is 2.97. The summed E-state index contributed by atoms with van der Waals surface area (Å²) in [6, 6.07) is 9.29. The van der Waals surface area contributed by atoms with Crippen molar-refractivity contribution in [2.75, 3.05) is 24.5 Å². The number of carbonyl (C=O) groups is 1. The first kappa shape index (κ1) is 20.7. The summed E-state index contributed by atoms with van der Waals surface area (Å²) in [5.74, 6) is -0.258. The van der Waals surface area contributed by atoms with Crippen molar-refractivity contribution >= 4 is 11.7 Å². The average Bonchev–Trinajstić information content (AvgIpc) is 3.33. The van der Waals surface area contributed by atoms with Crippen molar-refractivity contribution < 1.29 is 13.9 Å². The number of amides is 2. The van der Waals surface area contributed by atoms with Crippen molar-refractivity contribution in [3.8, 4) is 0 Å². The molecule has 3 atom stereocenters. The number of likely N-dealkylation sites (tertiary alicyclic amines) is 1. The van der Waals surface area contributed by atoms with Crippen molar-refractivity contribution in [1.82, 2.24) is 14.8 Å². The zero-order valence-electron chi connectivity index (χ0n) is 18.0. The van der Waals surface area contributed by atoms with Crippen LogP contribution in [0.5, 0.6) is 0 Å². The van der Waals surface area contributed by atoms with Gasteiger partial charge in [-0.05, 0) is 56.5 Å². The van der Waals surface area contributed by atoms with Gasteiger partial charge in [-0.2, -0.15) is 0 Å². The van der Waals surface area contributed by atoms with E-state index in [9.17, 15) is 9.18 Å². The third-order valence-corrected chi connectivity index (χ3v) is 6.06. The molecule has 2 aliphatic rings. The molecule has 0 bridgehead atoms. The molecule has 2 amide bonds. The summed E-state index contributed by atoms with van der Waals surface area (Å²) in [4.78, 5) is 16.7. The minimum Gasteiger partial charge on any atom is -0.372 e. The number of morpholine rings is 1. The smallest absolute Gasteiger partial charge is 0.318 e. The molecule has 7 heteroatoms. The number of carbonyl (C=O) groups excluding carboxylic acids is 1. The molecule has 1 N–H and O–H groups in total. The van der Waals surface area contributed by atoms with Gasteiger partial charge in [-0.15, -0.1) is 0 Å². The molecule has 3 heterocycles. The van der Waals surface area contributed by atoms with Crippen LogP contribution in [0.25, 0.3) is 0 Å². The molecular weight excluding hydrogens is 383 g/mol. The maximum Gasteiger partial charge on any atom is 0.318 e. The highest BCUT2D eigenvalue weighted by Crippen LogP contribution is 2.32. The molecule has 2 aliphatic heterocycles. The quantitative estimate of drug-likeness (QED) is 0.827. The van der Waals surface area contributed by atoms with E-state index in [0.717, 1.165) is 30.6 Å². The Kier molecular flexibility index (Phi) is 5.99. The van der Waals surface area contributed by atoms with E-state index in [1.54, 1.807) is 0 Å². The van der Waals surface area contributed by atoms with E-state index in [0.29, 0.717) is 25.3 Å². The average molecular weight is 415 g/mol. The number of aryl methyl sites for hydroxylation is 1. The van der Waals surface area contributed by atoms with Gasteiger partial charge >= 0.3 is 6.03 Å². The van der Waals surface area contributed by atoms with Crippen molar-refractivity contribution in [1.29, 1.82) is 0 Å². The molecule has 30 heavy (non-hydrogen) atoms. The van der Waals surface area contributed by atoms with Gasteiger partial charge in [0.2, 0.25) is 0 Å². The van der Waals surface area contributed by atoms with Crippen LogP contribution in [0.15, 0.2) is 36.5 Å². The SMILES string of the molecule is CC1CN(c2ccc(CNC(=O)N3CCCC3c3cccn3C)cc2F)CC(C)O1. The number of rotatable bonds is 4. The molecule has 0 spiro atoms. The Bertz CT molecular complexity index is 889. The first-order valence-corrected chi connectivity index (χ1v) is 10.8. The molecule has 2 fully saturated rings. The van der Waals surface area contributed by atoms with Gasteiger partial charge in [0, 0.05) is 45.1 Å². The number of urea groups is 1. The summed E-state index contributed by atoms with van der Waals surface area (Å²) >= 11 is 0. The Hall–Kier alpha value is -2.54. The van der Waals surface area contributed by atoms with E-state index in [-0.39, 0.29) is 30.1 Å². The van der Waals surface area contributed by atoms with Crippen LogP contribution in [0, 0.1) is 5.82 Å². The molecular formula is C23H31FN4O2. The van der Waals surface area contributed by atoms with E-state index in [4.69, 9.17) is 4.74 Å². The fraction of sp³-hybridized carbons (Fsp3) is 0.522. The lowest BCUT2D eigenvalue weighted by Gasteiger charge is -2.37. The Morgan fingerprint density at radius 3 is 2.67 bits per heavy atom. The predicted octanol–water partition coefficient (Wildman–Crippen LogP) is 3.82. The van der Waals surface area contributed by atoms with Crippen molar-refractivity contribution in [2.24, 2.45) is 7.05 Å². The number of nitrogens with one attached hydrogen (secondary N) is 1. The Morgan fingerprint density at radius 2 is 2.00 bits per heavy atom. The lowest BCUT2D eigenvalue weighted by Crippen LogP contribution is -2.45. The highest BCUT2D eigenvalue weighted by Gasteiger charge is 2.31. The molecule has 0 aliphatic carbocycles. The van der Waals surface area contributed by atoms with E-state index >= 15 is 0 Å². The number of hydrogen-bond donors (Lipinski definition) is 1. The molecule has 2 aromatic rings. The van der Waals surface area contributed by atoms with Gasteiger partial charge in [-0.1, -0.05) is 6.07 Å². The number of aromatic nitrogens is 1. The van der Waals surface area contributed by atoms with E-state index < -0.39 is 0 Å². The molecule has 162 valence electrons. The monoisotopic (exact) mass is 414 g/mol. The minimum absolute atomic E-state index is 0.0738. The fourth-order valence-corrected chi connectivity index (χ4v) is 4.71. The van der Waals surface area contributed by atoms with Crippen molar-refractivity contribution in [3.05, 3.63) is 53.6 Å². The van der Waals surface area contributed by atoms with E-state index in [2.05, 4.69) is 16.0 Å². The molecule has 3 unspecified atom stereocenters. The standard InChI is InChI=1S/C23H31FN4O2/c1-16-14-27(15-17(2)30-16)20-9-8-18(12-19(20)24)13-25-23(29)28-11-5-7-22(28)21-6-4-10-26(21)3/h4,6,8-10,12,16-17,22H,5,7,11,13-15H2,1-3H3,(H,25,29). The number of halogens is 1. The van der Waals surface area contributed by atoms with Crippen LogP contribution in [0.1, 0.15) is 44.0 Å². The maximum absolute atomic E-state index is 14.8. The highest BCUT2D eigenvalue weighted by atomic mass is 19.1. The van der Waals surface area contributed by atoms with Crippen LogP contribution in [0.4, 0.5) is 14.9 Å². The van der Waals surface area contributed by atoms with Crippen molar-refractivity contribution in [2.45, 2.75) is 51.5 Å². The number of benzene rings is 1. The zero-order valence-corrected chi connectivity index (χ0v) is 18.0. The first-order valence-electron chi connectivity index (χ1n) is 10.8. The van der Waals surface area contributed by atoms with Crippen LogP contribution in [-0.2, 0) is 18.3 Å². The molecule has 0 radical (unpaired) electrons. The van der Waals surface area contributed by atoms with Crippen LogP contribution >= 0.6 is 0 Å². The van der Waals surface area contributed by atoms with E-state index in [1.165, 1.54) is 6.07 Å². The summed E-state index contributed by atoms with van der Waals surface area (Å²) in [7, 11) is 2.00. The van der Waals surface area contributed by atoms with Crippen LogP contribution in [0.2, 0.25) is 0 Å². The number of anilines is 1. The summed E-state index contributed by atoms with van der Waals surface area (Å²) in [6.45, 7) is 6.40. The van der Waals surface area contributed by atoms with Gasteiger partial charge in [0.15, 0.2) is 0 Å². The third kappa shape index (κ3) is 4.31. The third-order valence-electron chi connectivity index (χ3n) is 6.06. The first-order chi connectivity index (χ1) is 14.4. The number of hydrogen-bond acceptors (Lipinski definition) is 3. The second kappa shape index (κ2) is 8.68. The Morgan fingerprint density at radius 1 is 1.23 bits per heavy atom. The molecule has 1 aromatic carbocycles. The molecule has 4 rings (SSSR count). The maximum atomic E-state index is 14.8. The molecule has 1 aromatic heterocycles. The minimum atomic E-state index is -0.258. The lowest BCUT2D eigenvalue weighted by atomic mass is 10.1. The number of ether oxygens (including phenoxy) is 1. The molecule has 2 saturated heterocycles. The highest BCUT2D eigenvalue weighted by molar-refractivity contribution is 5.75. The molecule has 0 saturated carbocycles. The van der Waals surface area contributed by atoms with Crippen molar-refractivity contribution in [3.63, 3.8) is 0 Å². The van der Waals surface area contributed by atoms with E-state index in [1.807, 2.05) is 55.1 Å². The zero-order chi connectivity index (χ0) is 21.3. The number of nitrogens with zero attached hydrogens (tertiary/aromatic N) is 3. The Balaban J connectivity index is 1.38. The second-order valence-corrected chi connectivity index (χ2v) is 8.50. The largest absolute Gasteiger partial charge is 0.372 e. The van der Waals surface area contributed by atoms with Crippen LogP contribution in [0.3, 0.4) is 0 Å². The van der Waals surface area contributed by atoms with Gasteiger partial charge in [0.1, 0.15) is 5.82 Å². The van der Waals surface area contributed by atoms with Crippen LogP contribution < -0.4 is 10.2 Å². The predicted molar refractivity (Wildman–Crippen MR) is 115 cm³/mol. The Labute approximate surface area is 177 Å². The summed E-state index contributed by atoms with van der Waals surface area (Å²) < 4.78 is 22.6. The fourth-order valence-electron chi connectivity index (χ4n) is 4.71. The van der Waals surface area contributed by atoms with Gasteiger partial charge in [0.25, 0.3) is 0 Å². The van der Waals surface area contributed by atoms with Crippen LogP contribution in [-0.4, -0.2) is 47.3 Å². The molecule has 6 nitrogen and oxygen atoms in total.